The maximum Gasteiger partial charge on any atom is 0.0714 e. The highest BCUT2D eigenvalue weighted by molar-refractivity contribution is 6.46. The molecular weight excluding hydrogens is 747 g/mol. The summed E-state index contributed by atoms with van der Waals surface area (Å²) in [6.07, 6.45) is 1.96. The van der Waals surface area contributed by atoms with Crippen LogP contribution in [0.5, 0.6) is 0 Å². The van der Waals surface area contributed by atoms with E-state index in [0.29, 0.717) is 0 Å². The van der Waals surface area contributed by atoms with Crippen molar-refractivity contribution in [2.45, 2.75) is 27.7 Å². The van der Waals surface area contributed by atoms with Crippen molar-refractivity contribution in [3.63, 3.8) is 0 Å². The lowest BCUT2D eigenvalue weighted by molar-refractivity contribution is 1.34. The van der Waals surface area contributed by atoms with E-state index < -0.39 is 0 Å². The van der Waals surface area contributed by atoms with Crippen LogP contribution in [0.15, 0.2) is 176 Å². The number of hydrogen-bond acceptors (Lipinski definition) is 1. The summed E-state index contributed by atoms with van der Waals surface area (Å²) in [4.78, 5) is 5.22. The Labute approximate surface area is 360 Å². The molecule has 13 aromatic rings. The summed E-state index contributed by atoms with van der Waals surface area (Å²) in [5.74, 6) is 0. The van der Waals surface area contributed by atoms with Crippen LogP contribution in [0.2, 0.25) is 0 Å². The predicted molar refractivity (Wildman–Crippen MR) is 267 cm³/mol. The Morgan fingerprint density at radius 1 is 0.290 bits per heavy atom. The van der Waals surface area contributed by atoms with Crippen molar-refractivity contribution >= 4 is 86.2 Å². The zero-order chi connectivity index (χ0) is 41.4. The van der Waals surface area contributed by atoms with Crippen molar-refractivity contribution in [3.05, 3.63) is 198 Å². The van der Waals surface area contributed by atoms with Crippen LogP contribution in [0.3, 0.4) is 0 Å². The molecule has 1 heterocycles. The Morgan fingerprint density at radius 2 is 0.935 bits per heavy atom. The molecule has 0 radical (unpaired) electrons. The monoisotopic (exact) mass is 787 g/mol. The zero-order valence-electron chi connectivity index (χ0n) is 35.2. The molecule has 0 atom stereocenters. The Balaban J connectivity index is 1.30. The zero-order valence-corrected chi connectivity index (χ0v) is 35.2. The molecule has 62 heavy (non-hydrogen) atoms. The number of benzene rings is 10. The van der Waals surface area contributed by atoms with Gasteiger partial charge in [0.1, 0.15) is 0 Å². The fourth-order valence-corrected chi connectivity index (χ4v) is 11.6. The molecule has 0 aliphatic heterocycles. The summed E-state index contributed by atoms with van der Waals surface area (Å²) in [6, 6.07) is 63.8. The highest BCUT2D eigenvalue weighted by Crippen LogP contribution is 2.56. The van der Waals surface area contributed by atoms with Crippen LogP contribution < -0.4 is 0 Å². The van der Waals surface area contributed by atoms with Crippen LogP contribution in [0.4, 0.5) is 0 Å². The second-order valence-electron chi connectivity index (χ2n) is 17.5. The number of nitrogens with zero attached hydrogens (tertiary/aromatic N) is 1. The standard InChI is InChI=1S/C61H41N/c1-34-15-12-16-35(2)52(34)40-26-27-42-47(32-40)43-23-14-24-44-55(43)48(42)33-50-54(38-19-6-5-7-20-38)59-46-29-28-45(53-36(3)17-13-18-37(53)4)56-41-22-9-8-21-39(41)31-49(57(46)56)60(59)61(58(44)50)51-25-10-11-30-62-51/h5-33H,1-4H3. The van der Waals surface area contributed by atoms with E-state index in [1.165, 1.54) is 147 Å². The normalized spacial score (nSPS) is 12.2. The van der Waals surface area contributed by atoms with E-state index in [9.17, 15) is 0 Å². The number of aromatic nitrogens is 1. The lowest BCUT2D eigenvalue weighted by atomic mass is 9.85. The minimum absolute atomic E-state index is 0.992. The number of hydrogen-bond donors (Lipinski definition) is 0. The van der Waals surface area contributed by atoms with Gasteiger partial charge in [0.15, 0.2) is 0 Å². The molecule has 0 aliphatic carbocycles. The molecule has 0 fully saturated rings. The molecule has 12 aromatic carbocycles. The highest BCUT2D eigenvalue weighted by Gasteiger charge is 2.28. The van der Waals surface area contributed by atoms with Crippen molar-refractivity contribution in [2.24, 2.45) is 0 Å². The molecule has 0 amide bonds. The maximum absolute atomic E-state index is 5.22. The van der Waals surface area contributed by atoms with Crippen molar-refractivity contribution in [1.29, 1.82) is 0 Å². The molecule has 1 heteroatoms. The SMILES string of the molecule is Cc1cccc(C)c1-c1ccc2c(c1)c1cccc3c4c(-c5ccccn5)c5c6cc7ccccc7c7c(-c8c(C)cccc8C)ccc(c5c(-c5ccccc5)c4cc2c13)c67. The second kappa shape index (κ2) is 12.9. The largest absolute Gasteiger partial charge is 0.256 e. The summed E-state index contributed by atoms with van der Waals surface area (Å²) in [5, 5.41) is 20.6. The van der Waals surface area contributed by atoms with E-state index in [1.54, 1.807) is 0 Å². The van der Waals surface area contributed by atoms with Crippen LogP contribution >= 0.6 is 0 Å². The molecule has 1 aromatic heterocycles. The van der Waals surface area contributed by atoms with Gasteiger partial charge in [0.2, 0.25) is 0 Å². The summed E-state index contributed by atoms with van der Waals surface area (Å²) in [5.41, 5.74) is 15.1. The third kappa shape index (κ3) is 4.71. The molecule has 0 saturated carbocycles. The van der Waals surface area contributed by atoms with Gasteiger partial charge in [-0.1, -0.05) is 140 Å². The summed E-state index contributed by atoms with van der Waals surface area (Å²) < 4.78 is 0. The molecule has 13 rings (SSSR count). The minimum atomic E-state index is 0.992. The molecule has 290 valence electrons. The predicted octanol–water partition coefficient (Wildman–Crippen LogP) is 17.1. The smallest absolute Gasteiger partial charge is 0.0714 e. The van der Waals surface area contributed by atoms with Crippen molar-refractivity contribution in [2.75, 3.05) is 0 Å². The van der Waals surface area contributed by atoms with E-state index in [4.69, 9.17) is 4.98 Å². The Kier molecular flexibility index (Phi) is 7.35. The molecule has 0 unspecified atom stereocenters. The number of fused-ring (bicyclic) bond motifs is 10. The first-order valence-electron chi connectivity index (χ1n) is 21.8. The van der Waals surface area contributed by atoms with Gasteiger partial charge >= 0.3 is 0 Å². The van der Waals surface area contributed by atoms with Crippen molar-refractivity contribution in [1.82, 2.24) is 4.98 Å². The average Bonchev–Trinajstić information content (AvgIpc) is 3.79. The Bertz CT molecular complexity index is 3950. The minimum Gasteiger partial charge on any atom is -0.256 e. The van der Waals surface area contributed by atoms with E-state index in [-0.39, 0.29) is 0 Å². The first kappa shape index (κ1) is 35.2. The lowest BCUT2D eigenvalue weighted by Crippen LogP contribution is -1.92. The van der Waals surface area contributed by atoms with E-state index in [0.717, 1.165) is 5.69 Å². The van der Waals surface area contributed by atoms with Crippen LogP contribution in [0.1, 0.15) is 22.3 Å². The summed E-state index contributed by atoms with van der Waals surface area (Å²) >= 11 is 0. The Morgan fingerprint density at radius 3 is 1.71 bits per heavy atom. The third-order valence-corrected chi connectivity index (χ3v) is 14.1. The second-order valence-corrected chi connectivity index (χ2v) is 17.5. The van der Waals surface area contributed by atoms with Gasteiger partial charge in [-0.15, -0.1) is 0 Å². The van der Waals surface area contributed by atoms with E-state index in [1.807, 2.05) is 12.3 Å². The van der Waals surface area contributed by atoms with Gasteiger partial charge in [-0.25, -0.2) is 0 Å². The molecule has 0 spiro atoms. The Hall–Kier alpha value is -7.61. The van der Waals surface area contributed by atoms with Crippen LogP contribution in [-0.4, -0.2) is 4.98 Å². The van der Waals surface area contributed by atoms with Crippen LogP contribution in [-0.2, 0) is 0 Å². The number of pyridine rings is 1. The fourth-order valence-electron chi connectivity index (χ4n) is 11.6. The first-order chi connectivity index (χ1) is 30.5. The molecule has 0 saturated heterocycles. The third-order valence-electron chi connectivity index (χ3n) is 14.1. The average molecular weight is 788 g/mol. The van der Waals surface area contributed by atoms with Gasteiger partial charge in [0, 0.05) is 22.5 Å². The van der Waals surface area contributed by atoms with Gasteiger partial charge in [0.25, 0.3) is 0 Å². The summed E-state index contributed by atoms with van der Waals surface area (Å²) in [7, 11) is 0. The van der Waals surface area contributed by atoms with E-state index in [2.05, 4.69) is 191 Å². The molecule has 0 bridgehead atoms. The van der Waals surface area contributed by atoms with Gasteiger partial charge in [-0.2, -0.15) is 0 Å². The lowest BCUT2D eigenvalue weighted by Gasteiger charge is -2.18. The van der Waals surface area contributed by atoms with Crippen LogP contribution in [0.25, 0.3) is 131 Å². The molecule has 1 nitrogen and oxygen atoms in total. The first-order valence-corrected chi connectivity index (χ1v) is 21.8. The van der Waals surface area contributed by atoms with Gasteiger partial charge in [-0.3, -0.25) is 4.98 Å². The number of rotatable bonds is 4. The van der Waals surface area contributed by atoms with Crippen LogP contribution in [0, 0.1) is 27.7 Å². The van der Waals surface area contributed by atoms with E-state index >= 15 is 0 Å². The number of aryl methyl sites for hydroxylation is 4. The maximum atomic E-state index is 5.22. The van der Waals surface area contributed by atoms with Gasteiger partial charge in [0.05, 0.1) is 5.69 Å². The highest BCUT2D eigenvalue weighted by atomic mass is 14.7. The van der Waals surface area contributed by atoms with Crippen molar-refractivity contribution in [3.8, 4) is 44.6 Å². The summed E-state index contributed by atoms with van der Waals surface area (Å²) in [6.45, 7) is 8.97. The molecule has 0 N–H and O–H groups in total. The van der Waals surface area contributed by atoms with Crippen molar-refractivity contribution < 1.29 is 0 Å². The molecular formula is C61H41N. The fraction of sp³-hybridized carbons (Fsp3) is 0.0656. The molecule has 0 aliphatic rings. The quantitative estimate of drug-likeness (QED) is 0.162. The van der Waals surface area contributed by atoms with Gasteiger partial charge < -0.3 is 0 Å². The van der Waals surface area contributed by atoms with Gasteiger partial charge in [-0.05, 0) is 189 Å². The topological polar surface area (TPSA) is 12.9 Å².